The molecule has 1 rings (SSSR count). The van der Waals surface area contributed by atoms with E-state index in [1.165, 1.54) is 6.08 Å². The molecular formula is C11H16O2. The molecule has 0 amide bonds. The number of hydrogen-bond donors (Lipinski definition) is 0. The second-order valence-electron chi connectivity index (χ2n) is 3.55. The van der Waals surface area contributed by atoms with E-state index < -0.39 is 0 Å². The van der Waals surface area contributed by atoms with Crippen molar-refractivity contribution in [3.05, 3.63) is 24.3 Å². The standard InChI is InChI=1S/C11H16O2/c1-9-5-3-4-6-11(12)13-10(2)8-7-9/h3-6,9-10H,7-8H2,1-2H3/b5-3+,6-4-/t9-,10+/m1/s1. The van der Waals surface area contributed by atoms with Crippen LogP contribution in [0.3, 0.4) is 0 Å². The minimum absolute atomic E-state index is 0.0334. The summed E-state index contributed by atoms with van der Waals surface area (Å²) in [5.74, 6) is 0.315. The zero-order chi connectivity index (χ0) is 9.68. The fourth-order valence-corrected chi connectivity index (χ4v) is 1.28. The predicted molar refractivity (Wildman–Crippen MR) is 52.2 cm³/mol. The third kappa shape index (κ3) is 3.92. The number of allylic oxidation sites excluding steroid dienone is 3. The maximum atomic E-state index is 11.0. The number of carbonyl (C=O) groups excluding carboxylic acids is 1. The normalized spacial score (nSPS) is 34.8. The van der Waals surface area contributed by atoms with Gasteiger partial charge in [0.15, 0.2) is 0 Å². The highest BCUT2D eigenvalue weighted by molar-refractivity contribution is 5.82. The number of carbonyl (C=O) groups is 1. The Morgan fingerprint density at radius 3 is 2.85 bits per heavy atom. The summed E-state index contributed by atoms with van der Waals surface area (Å²) < 4.78 is 5.12. The van der Waals surface area contributed by atoms with Crippen LogP contribution in [-0.2, 0) is 9.53 Å². The summed E-state index contributed by atoms with van der Waals surface area (Å²) in [7, 11) is 0. The Balaban J connectivity index is 2.62. The third-order valence-corrected chi connectivity index (χ3v) is 2.13. The van der Waals surface area contributed by atoms with Crippen molar-refractivity contribution in [1.82, 2.24) is 0 Å². The van der Waals surface area contributed by atoms with Gasteiger partial charge in [0, 0.05) is 6.08 Å². The molecule has 0 fully saturated rings. The van der Waals surface area contributed by atoms with Crippen molar-refractivity contribution in [3.8, 4) is 0 Å². The molecule has 13 heavy (non-hydrogen) atoms. The van der Waals surface area contributed by atoms with Gasteiger partial charge in [-0.3, -0.25) is 0 Å². The van der Waals surface area contributed by atoms with E-state index in [9.17, 15) is 4.79 Å². The van der Waals surface area contributed by atoms with Gasteiger partial charge in [-0.05, 0) is 25.7 Å². The van der Waals surface area contributed by atoms with Crippen LogP contribution in [0.5, 0.6) is 0 Å². The van der Waals surface area contributed by atoms with Crippen LogP contribution < -0.4 is 0 Å². The molecule has 0 saturated carbocycles. The van der Waals surface area contributed by atoms with E-state index in [1.54, 1.807) is 6.08 Å². The lowest BCUT2D eigenvalue weighted by atomic mass is 10.0. The van der Waals surface area contributed by atoms with Gasteiger partial charge in [-0.2, -0.15) is 0 Å². The number of hydrogen-bond acceptors (Lipinski definition) is 2. The molecule has 0 saturated heterocycles. The topological polar surface area (TPSA) is 26.3 Å². The predicted octanol–water partition coefficient (Wildman–Crippen LogP) is 2.46. The first-order valence-corrected chi connectivity index (χ1v) is 4.74. The highest BCUT2D eigenvalue weighted by Crippen LogP contribution is 2.12. The number of esters is 1. The molecule has 0 spiro atoms. The molecule has 2 atom stereocenters. The molecule has 1 aliphatic rings. The molecule has 0 radical (unpaired) electrons. The average molecular weight is 180 g/mol. The first-order valence-electron chi connectivity index (χ1n) is 4.74. The maximum absolute atomic E-state index is 11.0. The maximum Gasteiger partial charge on any atom is 0.331 e. The van der Waals surface area contributed by atoms with E-state index in [-0.39, 0.29) is 12.1 Å². The molecule has 0 bridgehead atoms. The van der Waals surface area contributed by atoms with Crippen molar-refractivity contribution < 1.29 is 9.53 Å². The van der Waals surface area contributed by atoms with Gasteiger partial charge in [-0.1, -0.05) is 25.2 Å². The Kier molecular flexibility index (Phi) is 3.74. The smallest absolute Gasteiger partial charge is 0.331 e. The summed E-state index contributed by atoms with van der Waals surface area (Å²) in [4.78, 5) is 11.0. The summed E-state index contributed by atoms with van der Waals surface area (Å²) in [6.45, 7) is 4.10. The van der Waals surface area contributed by atoms with Gasteiger partial charge in [0.25, 0.3) is 0 Å². The summed E-state index contributed by atoms with van der Waals surface area (Å²) in [5, 5.41) is 0. The summed E-state index contributed by atoms with van der Waals surface area (Å²) >= 11 is 0. The van der Waals surface area contributed by atoms with Crippen LogP contribution in [0.25, 0.3) is 0 Å². The van der Waals surface area contributed by atoms with E-state index in [2.05, 4.69) is 13.0 Å². The number of rotatable bonds is 0. The van der Waals surface area contributed by atoms with Crippen LogP contribution in [0, 0.1) is 5.92 Å². The lowest BCUT2D eigenvalue weighted by molar-refractivity contribution is -0.142. The molecule has 2 heteroatoms. The molecule has 0 aromatic carbocycles. The van der Waals surface area contributed by atoms with E-state index in [0.29, 0.717) is 5.92 Å². The van der Waals surface area contributed by atoms with Gasteiger partial charge in [0.1, 0.15) is 0 Å². The Morgan fingerprint density at radius 2 is 2.08 bits per heavy atom. The fraction of sp³-hybridized carbons (Fsp3) is 0.545. The Hall–Kier alpha value is -1.05. The van der Waals surface area contributed by atoms with E-state index in [0.717, 1.165) is 12.8 Å². The van der Waals surface area contributed by atoms with Crippen LogP contribution in [0.4, 0.5) is 0 Å². The zero-order valence-electron chi connectivity index (χ0n) is 8.19. The number of ether oxygens (including phenoxy) is 1. The summed E-state index contributed by atoms with van der Waals surface area (Å²) in [6.07, 6.45) is 9.25. The highest BCUT2D eigenvalue weighted by atomic mass is 16.5. The minimum Gasteiger partial charge on any atom is -0.460 e. The second kappa shape index (κ2) is 4.85. The van der Waals surface area contributed by atoms with Gasteiger partial charge >= 0.3 is 5.97 Å². The molecule has 0 N–H and O–H groups in total. The van der Waals surface area contributed by atoms with Crippen LogP contribution >= 0.6 is 0 Å². The van der Waals surface area contributed by atoms with Gasteiger partial charge in [-0.25, -0.2) is 4.79 Å². The van der Waals surface area contributed by atoms with Crippen molar-refractivity contribution in [2.24, 2.45) is 5.92 Å². The Labute approximate surface area is 79.3 Å². The van der Waals surface area contributed by atoms with Crippen LogP contribution in [0.1, 0.15) is 26.7 Å². The second-order valence-corrected chi connectivity index (χ2v) is 3.55. The molecule has 1 aliphatic heterocycles. The van der Waals surface area contributed by atoms with E-state index in [4.69, 9.17) is 4.74 Å². The lowest BCUT2D eigenvalue weighted by Crippen LogP contribution is -2.14. The Morgan fingerprint density at radius 1 is 1.31 bits per heavy atom. The Bertz CT molecular complexity index is 228. The molecule has 0 aromatic heterocycles. The molecular weight excluding hydrogens is 164 g/mol. The first-order chi connectivity index (χ1) is 6.18. The molecule has 0 unspecified atom stereocenters. The van der Waals surface area contributed by atoms with Crippen molar-refractivity contribution >= 4 is 5.97 Å². The van der Waals surface area contributed by atoms with Crippen molar-refractivity contribution in [2.45, 2.75) is 32.8 Å². The van der Waals surface area contributed by atoms with E-state index >= 15 is 0 Å². The largest absolute Gasteiger partial charge is 0.460 e. The average Bonchev–Trinajstić information content (AvgIpc) is 2.08. The summed E-state index contributed by atoms with van der Waals surface area (Å²) in [6, 6.07) is 0. The minimum atomic E-state index is -0.244. The van der Waals surface area contributed by atoms with Gasteiger partial charge < -0.3 is 4.74 Å². The van der Waals surface area contributed by atoms with Crippen LogP contribution in [0.2, 0.25) is 0 Å². The molecule has 2 nitrogen and oxygen atoms in total. The lowest BCUT2D eigenvalue weighted by Gasteiger charge is -2.14. The van der Waals surface area contributed by atoms with Gasteiger partial charge in [0.05, 0.1) is 6.10 Å². The molecule has 0 aliphatic carbocycles. The highest BCUT2D eigenvalue weighted by Gasteiger charge is 2.08. The monoisotopic (exact) mass is 180 g/mol. The van der Waals surface area contributed by atoms with Crippen molar-refractivity contribution in [1.29, 1.82) is 0 Å². The van der Waals surface area contributed by atoms with Crippen molar-refractivity contribution in [3.63, 3.8) is 0 Å². The zero-order valence-corrected chi connectivity index (χ0v) is 8.19. The van der Waals surface area contributed by atoms with Gasteiger partial charge in [0.2, 0.25) is 0 Å². The quantitative estimate of drug-likeness (QED) is 0.535. The fourth-order valence-electron chi connectivity index (χ4n) is 1.28. The van der Waals surface area contributed by atoms with Crippen LogP contribution in [-0.4, -0.2) is 12.1 Å². The van der Waals surface area contributed by atoms with Crippen molar-refractivity contribution in [2.75, 3.05) is 0 Å². The third-order valence-electron chi connectivity index (χ3n) is 2.13. The summed E-state index contributed by atoms with van der Waals surface area (Å²) in [5.41, 5.74) is 0. The van der Waals surface area contributed by atoms with Crippen LogP contribution in [0.15, 0.2) is 24.3 Å². The SMILES string of the molecule is C[C@@H]1/C=C/C=C\C(=O)O[C@@H](C)CC1. The molecule has 1 heterocycles. The van der Waals surface area contributed by atoms with Gasteiger partial charge in [-0.15, -0.1) is 0 Å². The molecule has 0 aromatic rings. The number of cyclic esters (lactones) is 1. The van der Waals surface area contributed by atoms with E-state index in [1.807, 2.05) is 13.0 Å². The first kappa shape index (κ1) is 10.0. The molecule has 72 valence electrons.